The zero-order chi connectivity index (χ0) is 21.7. The molecule has 30 heavy (non-hydrogen) atoms. The van der Waals surface area contributed by atoms with Crippen LogP contribution < -0.4 is 5.73 Å². The van der Waals surface area contributed by atoms with Gasteiger partial charge in [0.15, 0.2) is 0 Å². The molecule has 2 aromatic heterocycles. The molecule has 0 saturated carbocycles. The standard InChI is InChI=1S/C23H31N3OS.CH5N/c1-16(2)25-12-8-18(9-13-25)19-6-7-20(24-15-19)21-14-17(3)22(28-21)23(27)26-10-4-5-11-26;1-2/h6-7,14-16,18H,4-5,8-13H2,1-3H3;2H2,1H3. The van der Waals surface area contributed by atoms with Crippen LogP contribution >= 0.6 is 11.3 Å². The summed E-state index contributed by atoms with van der Waals surface area (Å²) in [5, 5.41) is 0. The third kappa shape index (κ3) is 5.10. The van der Waals surface area contributed by atoms with Crippen molar-refractivity contribution in [3.8, 4) is 10.6 Å². The molecule has 0 atom stereocenters. The maximum absolute atomic E-state index is 12.8. The maximum atomic E-state index is 12.8. The van der Waals surface area contributed by atoms with Crippen molar-refractivity contribution in [3.05, 3.63) is 40.4 Å². The molecule has 0 spiro atoms. The molecule has 2 aromatic rings. The van der Waals surface area contributed by atoms with Crippen LogP contribution in [0.3, 0.4) is 0 Å². The van der Waals surface area contributed by atoms with Gasteiger partial charge < -0.3 is 15.5 Å². The van der Waals surface area contributed by atoms with E-state index in [1.54, 1.807) is 11.3 Å². The first kappa shape index (κ1) is 22.9. The molecule has 164 valence electrons. The largest absolute Gasteiger partial charge is 0.338 e. The Morgan fingerprint density at radius 1 is 1.13 bits per heavy atom. The highest BCUT2D eigenvalue weighted by Crippen LogP contribution is 2.33. The van der Waals surface area contributed by atoms with Gasteiger partial charge in [-0.25, -0.2) is 0 Å². The zero-order valence-corrected chi connectivity index (χ0v) is 19.7. The lowest BCUT2D eigenvalue weighted by Crippen LogP contribution is -2.37. The number of carbonyl (C=O) groups is 1. The predicted octanol–water partition coefficient (Wildman–Crippen LogP) is 4.52. The van der Waals surface area contributed by atoms with Crippen molar-refractivity contribution in [1.82, 2.24) is 14.8 Å². The smallest absolute Gasteiger partial charge is 0.264 e. The van der Waals surface area contributed by atoms with Crippen LogP contribution in [0, 0.1) is 6.92 Å². The van der Waals surface area contributed by atoms with Crippen LogP contribution in [-0.2, 0) is 0 Å². The summed E-state index contributed by atoms with van der Waals surface area (Å²) >= 11 is 1.59. The number of thiophene rings is 1. The van der Waals surface area contributed by atoms with Crippen LogP contribution in [-0.4, -0.2) is 60.0 Å². The monoisotopic (exact) mass is 428 g/mol. The minimum absolute atomic E-state index is 0.194. The number of aryl methyl sites for hydroxylation is 1. The van der Waals surface area contributed by atoms with Crippen LogP contribution in [0.2, 0.25) is 0 Å². The molecule has 6 heteroatoms. The van der Waals surface area contributed by atoms with Crippen molar-refractivity contribution in [2.24, 2.45) is 5.73 Å². The molecule has 0 bridgehead atoms. The first-order chi connectivity index (χ1) is 14.5. The SMILES string of the molecule is CN.Cc1cc(-c2ccc(C3CCN(C(C)C)CC3)cn2)sc1C(=O)N1CCCC1. The number of aromatic nitrogens is 1. The number of pyridine rings is 1. The van der Waals surface area contributed by atoms with Gasteiger partial charge in [-0.05, 0) is 95.8 Å². The molecule has 0 unspecified atom stereocenters. The van der Waals surface area contributed by atoms with Gasteiger partial charge >= 0.3 is 0 Å². The van der Waals surface area contributed by atoms with E-state index in [1.807, 2.05) is 11.8 Å². The summed E-state index contributed by atoms with van der Waals surface area (Å²) in [5.41, 5.74) is 7.91. The number of likely N-dealkylation sites (tertiary alicyclic amines) is 2. The molecule has 4 rings (SSSR count). The minimum atomic E-state index is 0.194. The summed E-state index contributed by atoms with van der Waals surface area (Å²) < 4.78 is 0. The third-order valence-corrected chi connectivity index (χ3v) is 7.52. The molecular weight excluding hydrogens is 392 g/mol. The van der Waals surface area contributed by atoms with Crippen LogP contribution in [0.1, 0.15) is 66.2 Å². The lowest BCUT2D eigenvalue weighted by Gasteiger charge is -2.34. The van der Waals surface area contributed by atoms with Gasteiger partial charge in [0.25, 0.3) is 5.91 Å². The van der Waals surface area contributed by atoms with Gasteiger partial charge in [0.2, 0.25) is 0 Å². The molecule has 2 fully saturated rings. The Balaban J connectivity index is 0.00000124. The fourth-order valence-electron chi connectivity index (χ4n) is 4.43. The van der Waals surface area contributed by atoms with E-state index in [0.717, 1.165) is 46.9 Å². The molecule has 0 aliphatic carbocycles. The van der Waals surface area contributed by atoms with Crippen molar-refractivity contribution in [2.45, 2.75) is 58.4 Å². The number of nitrogens with two attached hydrogens (primary N) is 1. The second-order valence-electron chi connectivity index (χ2n) is 8.50. The molecule has 5 nitrogen and oxygen atoms in total. The van der Waals surface area contributed by atoms with E-state index >= 15 is 0 Å². The number of rotatable bonds is 4. The molecule has 4 heterocycles. The van der Waals surface area contributed by atoms with Gasteiger partial charge in [0.1, 0.15) is 0 Å². The van der Waals surface area contributed by atoms with Gasteiger partial charge in [0.05, 0.1) is 15.4 Å². The van der Waals surface area contributed by atoms with Gasteiger partial charge in [-0.1, -0.05) is 6.07 Å². The summed E-state index contributed by atoms with van der Waals surface area (Å²) in [7, 11) is 1.50. The second-order valence-corrected chi connectivity index (χ2v) is 9.56. The molecular formula is C24H36N4OS. The number of piperidine rings is 1. The molecule has 2 aliphatic heterocycles. The average Bonchev–Trinajstić information content (AvgIpc) is 3.45. The van der Waals surface area contributed by atoms with E-state index in [1.165, 1.54) is 38.5 Å². The van der Waals surface area contributed by atoms with Crippen molar-refractivity contribution < 1.29 is 4.79 Å². The first-order valence-electron chi connectivity index (χ1n) is 11.2. The van der Waals surface area contributed by atoms with E-state index in [2.05, 4.69) is 48.9 Å². The van der Waals surface area contributed by atoms with Gasteiger partial charge in [-0.2, -0.15) is 0 Å². The Morgan fingerprint density at radius 2 is 1.80 bits per heavy atom. The van der Waals surface area contributed by atoms with Crippen LogP contribution in [0.25, 0.3) is 10.6 Å². The molecule has 2 aliphatic rings. The Hall–Kier alpha value is -1.76. The van der Waals surface area contributed by atoms with Crippen molar-refractivity contribution in [2.75, 3.05) is 33.2 Å². The zero-order valence-electron chi connectivity index (χ0n) is 18.9. The number of amides is 1. The average molecular weight is 429 g/mol. The predicted molar refractivity (Wildman–Crippen MR) is 126 cm³/mol. The summed E-state index contributed by atoms with van der Waals surface area (Å²) in [4.78, 5) is 24.0. The molecule has 0 aromatic carbocycles. The highest BCUT2D eigenvalue weighted by molar-refractivity contribution is 7.17. The molecule has 2 N–H and O–H groups in total. The number of nitrogens with zero attached hydrogens (tertiary/aromatic N) is 3. The molecule has 0 radical (unpaired) electrons. The normalized spacial score (nSPS) is 17.9. The fraction of sp³-hybridized carbons (Fsp3) is 0.583. The Kier molecular flexibility index (Phi) is 8.03. The van der Waals surface area contributed by atoms with E-state index in [4.69, 9.17) is 4.98 Å². The van der Waals surface area contributed by atoms with Gasteiger partial charge in [0, 0.05) is 25.3 Å². The minimum Gasteiger partial charge on any atom is -0.338 e. The Bertz CT molecular complexity index is 816. The second kappa shape index (κ2) is 10.5. The maximum Gasteiger partial charge on any atom is 0.264 e. The molecule has 2 saturated heterocycles. The third-order valence-electron chi connectivity index (χ3n) is 6.28. The lowest BCUT2D eigenvalue weighted by molar-refractivity contribution is 0.0797. The Labute approximate surface area is 185 Å². The summed E-state index contributed by atoms with van der Waals surface area (Å²) in [6.07, 6.45) is 6.74. The van der Waals surface area contributed by atoms with Crippen molar-refractivity contribution in [1.29, 1.82) is 0 Å². The van der Waals surface area contributed by atoms with E-state index in [-0.39, 0.29) is 5.91 Å². The van der Waals surface area contributed by atoms with Crippen LogP contribution in [0.15, 0.2) is 24.4 Å². The fourth-order valence-corrected chi connectivity index (χ4v) is 5.54. The number of carbonyl (C=O) groups excluding carboxylic acids is 1. The highest BCUT2D eigenvalue weighted by Gasteiger charge is 2.24. The van der Waals surface area contributed by atoms with E-state index < -0.39 is 0 Å². The van der Waals surface area contributed by atoms with Crippen LogP contribution in [0.5, 0.6) is 0 Å². The summed E-state index contributed by atoms with van der Waals surface area (Å²) in [6.45, 7) is 10.7. The summed E-state index contributed by atoms with van der Waals surface area (Å²) in [5.74, 6) is 0.814. The van der Waals surface area contributed by atoms with E-state index in [0.29, 0.717) is 12.0 Å². The van der Waals surface area contributed by atoms with Gasteiger partial charge in [-0.3, -0.25) is 9.78 Å². The first-order valence-corrected chi connectivity index (χ1v) is 12.0. The van der Waals surface area contributed by atoms with E-state index in [9.17, 15) is 4.79 Å². The van der Waals surface area contributed by atoms with Gasteiger partial charge in [-0.15, -0.1) is 11.3 Å². The molecule has 1 amide bonds. The lowest BCUT2D eigenvalue weighted by atomic mass is 9.90. The highest BCUT2D eigenvalue weighted by atomic mass is 32.1. The van der Waals surface area contributed by atoms with Crippen molar-refractivity contribution in [3.63, 3.8) is 0 Å². The quantitative estimate of drug-likeness (QED) is 0.778. The number of hydrogen-bond acceptors (Lipinski definition) is 5. The number of hydrogen-bond donors (Lipinski definition) is 1. The van der Waals surface area contributed by atoms with Crippen molar-refractivity contribution >= 4 is 17.2 Å². The Morgan fingerprint density at radius 3 is 2.37 bits per heavy atom. The van der Waals surface area contributed by atoms with Crippen LogP contribution in [0.4, 0.5) is 0 Å². The topological polar surface area (TPSA) is 62.5 Å². The summed E-state index contributed by atoms with van der Waals surface area (Å²) in [6, 6.07) is 7.15.